The highest BCUT2D eigenvalue weighted by Crippen LogP contribution is 2.23. The molecule has 0 fully saturated rings. The molecule has 1 N–H and O–H groups in total. The first-order valence-corrected chi connectivity index (χ1v) is 8.12. The summed E-state index contributed by atoms with van der Waals surface area (Å²) in [4.78, 5) is 41.8. The van der Waals surface area contributed by atoms with Gasteiger partial charge < -0.3 is 10.1 Å². The van der Waals surface area contributed by atoms with Crippen LogP contribution in [0, 0.1) is 18.6 Å². The van der Waals surface area contributed by atoms with Crippen molar-refractivity contribution in [2.75, 3.05) is 12.4 Å². The molecule has 10 heteroatoms. The fraction of sp³-hybridized carbons (Fsp3) is 0.222. The average molecular weight is 390 g/mol. The summed E-state index contributed by atoms with van der Waals surface area (Å²) in [5, 5.41) is 2.26. The van der Waals surface area contributed by atoms with Crippen molar-refractivity contribution in [1.82, 2.24) is 14.1 Å². The molecule has 1 aromatic carbocycles. The zero-order valence-electron chi connectivity index (χ0n) is 15.2. The molecule has 8 nitrogen and oxygen atoms in total. The highest BCUT2D eigenvalue weighted by atomic mass is 19.1. The zero-order chi connectivity index (χ0) is 20.6. The van der Waals surface area contributed by atoms with Crippen LogP contribution in [0.5, 0.6) is 5.75 Å². The van der Waals surface area contributed by atoms with E-state index in [4.69, 9.17) is 4.74 Å². The molecule has 0 atom stereocenters. The van der Waals surface area contributed by atoms with Crippen molar-refractivity contribution in [3.05, 3.63) is 62.4 Å². The van der Waals surface area contributed by atoms with Crippen LogP contribution < -0.4 is 21.3 Å². The van der Waals surface area contributed by atoms with Crippen LogP contribution in [-0.4, -0.2) is 27.1 Å². The van der Waals surface area contributed by atoms with Gasteiger partial charge in [-0.15, -0.1) is 0 Å². The predicted molar refractivity (Wildman–Crippen MR) is 97.5 cm³/mol. The largest absolute Gasteiger partial charge is 0.495 e. The van der Waals surface area contributed by atoms with Crippen molar-refractivity contribution in [1.29, 1.82) is 0 Å². The van der Waals surface area contributed by atoms with Gasteiger partial charge in [0.25, 0.3) is 5.56 Å². The lowest BCUT2D eigenvalue weighted by molar-refractivity contribution is -0.116. The van der Waals surface area contributed by atoms with Crippen LogP contribution in [0.1, 0.15) is 5.56 Å². The summed E-state index contributed by atoms with van der Waals surface area (Å²) in [6.07, 6.45) is 1.47. The molecule has 0 saturated carbocycles. The Morgan fingerprint density at radius 2 is 2.00 bits per heavy atom. The number of carbonyl (C=O) groups excluding carboxylic acids is 1. The van der Waals surface area contributed by atoms with E-state index in [2.05, 4.69) is 10.3 Å². The van der Waals surface area contributed by atoms with E-state index >= 15 is 0 Å². The molecule has 0 unspecified atom stereocenters. The van der Waals surface area contributed by atoms with E-state index in [-0.39, 0.29) is 22.5 Å². The number of rotatable bonds is 4. The Kier molecular flexibility index (Phi) is 4.95. The van der Waals surface area contributed by atoms with Gasteiger partial charge in [0.05, 0.1) is 12.8 Å². The number of anilines is 1. The maximum atomic E-state index is 13.7. The number of ether oxygens (including phenoxy) is 1. The first-order valence-electron chi connectivity index (χ1n) is 8.12. The topological polar surface area (TPSA) is 95.2 Å². The Hall–Kier alpha value is -3.56. The molecule has 0 aliphatic rings. The summed E-state index contributed by atoms with van der Waals surface area (Å²) in [6.45, 7) is 1.01. The van der Waals surface area contributed by atoms with Crippen molar-refractivity contribution >= 4 is 22.6 Å². The number of pyridine rings is 1. The Morgan fingerprint density at radius 3 is 2.64 bits per heavy atom. The minimum absolute atomic E-state index is 0.0466. The number of hydrogen-bond donors (Lipinski definition) is 1. The summed E-state index contributed by atoms with van der Waals surface area (Å²) < 4.78 is 33.8. The SMILES string of the molecule is COc1c(C)cnc2c1c(=O)n(CC(=O)Nc1ccc(F)cc1F)c(=O)n2C. The van der Waals surface area contributed by atoms with Gasteiger partial charge in [0.2, 0.25) is 5.91 Å². The number of hydrogen-bond acceptors (Lipinski definition) is 5. The molecular formula is C18H16F2N4O4. The molecule has 146 valence electrons. The fourth-order valence-corrected chi connectivity index (χ4v) is 2.85. The smallest absolute Gasteiger partial charge is 0.332 e. The highest BCUT2D eigenvalue weighted by molar-refractivity contribution is 5.91. The lowest BCUT2D eigenvalue weighted by atomic mass is 10.2. The van der Waals surface area contributed by atoms with Crippen LogP contribution in [-0.2, 0) is 18.4 Å². The molecule has 3 aromatic rings. The summed E-state index contributed by atoms with van der Waals surface area (Å²) in [7, 11) is 2.78. The van der Waals surface area contributed by atoms with Crippen LogP contribution in [0.4, 0.5) is 14.5 Å². The summed E-state index contributed by atoms with van der Waals surface area (Å²) in [5.74, 6) is -2.37. The molecule has 0 aliphatic carbocycles. The number of halogens is 2. The number of methoxy groups -OCH3 is 1. The fourth-order valence-electron chi connectivity index (χ4n) is 2.85. The second kappa shape index (κ2) is 7.22. The van der Waals surface area contributed by atoms with Crippen LogP contribution in [0.3, 0.4) is 0 Å². The first kappa shape index (κ1) is 19.2. The van der Waals surface area contributed by atoms with Gasteiger partial charge >= 0.3 is 5.69 Å². The van der Waals surface area contributed by atoms with Crippen molar-refractivity contribution in [3.63, 3.8) is 0 Å². The van der Waals surface area contributed by atoms with E-state index in [1.807, 2.05) is 0 Å². The minimum Gasteiger partial charge on any atom is -0.495 e. The standard InChI is InChI=1S/C18H16F2N4O4/c1-9-7-21-16-14(15(9)28-3)17(26)24(18(27)23(16)2)8-13(25)22-12-5-4-10(19)6-11(12)20/h4-7H,8H2,1-3H3,(H,22,25). The second-order valence-electron chi connectivity index (χ2n) is 6.08. The molecule has 0 spiro atoms. The maximum absolute atomic E-state index is 13.7. The number of carbonyl (C=O) groups is 1. The Bertz CT molecular complexity index is 1220. The van der Waals surface area contributed by atoms with Gasteiger partial charge in [-0.25, -0.2) is 23.1 Å². The summed E-state index contributed by atoms with van der Waals surface area (Å²) in [6, 6.07) is 2.62. The molecule has 0 aliphatic heterocycles. The van der Waals surface area contributed by atoms with Gasteiger partial charge in [-0.3, -0.25) is 14.2 Å². The highest BCUT2D eigenvalue weighted by Gasteiger charge is 2.19. The van der Waals surface area contributed by atoms with Gasteiger partial charge in [0.1, 0.15) is 29.3 Å². The molecule has 2 heterocycles. The summed E-state index contributed by atoms with van der Waals surface area (Å²) >= 11 is 0. The molecule has 1 amide bonds. The third-order valence-corrected chi connectivity index (χ3v) is 4.19. The quantitative estimate of drug-likeness (QED) is 0.725. The first-order chi connectivity index (χ1) is 13.2. The number of aryl methyl sites for hydroxylation is 2. The summed E-state index contributed by atoms with van der Waals surface area (Å²) in [5.41, 5.74) is -1.12. The number of nitrogens with zero attached hydrogens (tertiary/aromatic N) is 3. The van der Waals surface area contributed by atoms with Gasteiger partial charge in [-0.2, -0.15) is 0 Å². The van der Waals surface area contributed by atoms with Crippen LogP contribution in [0.25, 0.3) is 11.0 Å². The maximum Gasteiger partial charge on any atom is 0.332 e. The van der Waals surface area contributed by atoms with Gasteiger partial charge in [0.15, 0.2) is 5.65 Å². The number of aromatic nitrogens is 3. The van der Waals surface area contributed by atoms with E-state index in [0.29, 0.717) is 16.2 Å². The number of amides is 1. The van der Waals surface area contributed by atoms with Crippen LogP contribution >= 0.6 is 0 Å². The van der Waals surface area contributed by atoms with Crippen molar-refractivity contribution in [2.45, 2.75) is 13.5 Å². The monoisotopic (exact) mass is 390 g/mol. The Balaban J connectivity index is 2.07. The molecule has 3 rings (SSSR count). The van der Waals surface area contributed by atoms with E-state index in [1.165, 1.54) is 20.4 Å². The lowest BCUT2D eigenvalue weighted by Crippen LogP contribution is -2.42. The van der Waals surface area contributed by atoms with E-state index < -0.39 is 35.3 Å². The van der Waals surface area contributed by atoms with Crippen molar-refractivity contribution in [2.24, 2.45) is 7.05 Å². The Morgan fingerprint density at radius 1 is 1.29 bits per heavy atom. The van der Waals surface area contributed by atoms with Gasteiger partial charge in [-0.05, 0) is 19.1 Å². The number of benzene rings is 1. The molecule has 0 bridgehead atoms. The lowest BCUT2D eigenvalue weighted by Gasteiger charge is -2.13. The predicted octanol–water partition coefficient (Wildman–Crippen LogP) is 1.33. The molecule has 28 heavy (non-hydrogen) atoms. The number of nitrogens with one attached hydrogen (secondary N) is 1. The van der Waals surface area contributed by atoms with Crippen LogP contribution in [0.15, 0.2) is 34.0 Å². The van der Waals surface area contributed by atoms with Gasteiger partial charge in [-0.1, -0.05) is 0 Å². The van der Waals surface area contributed by atoms with E-state index in [0.717, 1.165) is 16.7 Å². The minimum atomic E-state index is -0.978. The molecule has 2 aromatic heterocycles. The van der Waals surface area contributed by atoms with Gasteiger partial charge in [0, 0.05) is 24.9 Å². The molecule has 0 radical (unpaired) electrons. The third kappa shape index (κ3) is 3.24. The normalized spacial score (nSPS) is 10.9. The van der Waals surface area contributed by atoms with E-state index in [1.54, 1.807) is 6.92 Å². The van der Waals surface area contributed by atoms with Crippen molar-refractivity contribution < 1.29 is 18.3 Å². The second-order valence-corrected chi connectivity index (χ2v) is 6.08. The van der Waals surface area contributed by atoms with Crippen molar-refractivity contribution in [3.8, 4) is 5.75 Å². The molecule has 0 saturated heterocycles. The molecular weight excluding hydrogens is 374 g/mol. The Labute approximate surface area is 157 Å². The third-order valence-electron chi connectivity index (χ3n) is 4.19. The average Bonchev–Trinajstić information content (AvgIpc) is 2.65. The van der Waals surface area contributed by atoms with E-state index in [9.17, 15) is 23.2 Å². The van der Waals surface area contributed by atoms with Crippen LogP contribution in [0.2, 0.25) is 0 Å². The number of fused-ring (bicyclic) bond motifs is 1. The zero-order valence-corrected chi connectivity index (χ0v) is 15.2.